The number of morpholine rings is 1. The van der Waals surface area contributed by atoms with Crippen LogP contribution < -0.4 is 5.73 Å². The Hall–Kier alpha value is -1.70. The number of amidine groups is 1. The largest absolute Gasteiger partial charge is 0.409 e. The summed E-state index contributed by atoms with van der Waals surface area (Å²) in [6.07, 6.45) is -0.228. The summed E-state index contributed by atoms with van der Waals surface area (Å²) in [5, 5.41) is 21.0. The molecule has 4 N–H and O–H groups in total. The standard InChI is InChI=1S/C14H20FN3O3/c1-9-8-21-12(7-19)6-18(9)5-10-2-3-11(15)4-13(10)14(16)17-20/h2-4,9,12,19-20H,5-8H2,1H3,(H2,16,17). The van der Waals surface area contributed by atoms with Gasteiger partial charge in [-0.1, -0.05) is 11.2 Å². The highest BCUT2D eigenvalue weighted by atomic mass is 19.1. The topological polar surface area (TPSA) is 91.3 Å². The second-order valence-electron chi connectivity index (χ2n) is 5.20. The molecule has 21 heavy (non-hydrogen) atoms. The van der Waals surface area contributed by atoms with E-state index in [-0.39, 0.29) is 24.6 Å². The van der Waals surface area contributed by atoms with Crippen LogP contribution in [0.3, 0.4) is 0 Å². The molecule has 0 bridgehead atoms. The van der Waals surface area contributed by atoms with E-state index in [0.717, 1.165) is 5.56 Å². The molecule has 1 aromatic rings. The van der Waals surface area contributed by atoms with Crippen molar-refractivity contribution >= 4 is 5.84 Å². The Bertz CT molecular complexity index is 524. The summed E-state index contributed by atoms with van der Waals surface area (Å²) in [6.45, 7) is 3.57. The van der Waals surface area contributed by atoms with Crippen molar-refractivity contribution in [3.05, 3.63) is 35.1 Å². The van der Waals surface area contributed by atoms with Gasteiger partial charge in [0.15, 0.2) is 5.84 Å². The summed E-state index contributed by atoms with van der Waals surface area (Å²) < 4.78 is 18.8. The molecule has 0 amide bonds. The molecule has 1 aliphatic rings. The molecule has 0 spiro atoms. The Labute approximate surface area is 122 Å². The first-order valence-corrected chi connectivity index (χ1v) is 6.78. The van der Waals surface area contributed by atoms with Crippen molar-refractivity contribution in [1.29, 1.82) is 0 Å². The van der Waals surface area contributed by atoms with Crippen molar-refractivity contribution in [3.63, 3.8) is 0 Å². The maximum atomic E-state index is 13.4. The van der Waals surface area contributed by atoms with Crippen molar-refractivity contribution in [2.45, 2.75) is 25.6 Å². The second kappa shape index (κ2) is 6.84. The minimum atomic E-state index is -0.441. The van der Waals surface area contributed by atoms with Crippen molar-refractivity contribution in [3.8, 4) is 0 Å². The van der Waals surface area contributed by atoms with E-state index in [0.29, 0.717) is 25.3 Å². The van der Waals surface area contributed by atoms with E-state index in [1.165, 1.54) is 12.1 Å². The van der Waals surface area contributed by atoms with Gasteiger partial charge in [0.2, 0.25) is 0 Å². The number of rotatable bonds is 4. The summed E-state index contributed by atoms with van der Waals surface area (Å²) in [5.41, 5.74) is 6.74. The van der Waals surface area contributed by atoms with Gasteiger partial charge in [-0.05, 0) is 24.6 Å². The van der Waals surface area contributed by atoms with Gasteiger partial charge >= 0.3 is 0 Å². The molecule has 0 aliphatic carbocycles. The summed E-state index contributed by atoms with van der Waals surface area (Å²) in [7, 11) is 0. The molecule has 2 unspecified atom stereocenters. The average molecular weight is 297 g/mol. The lowest BCUT2D eigenvalue weighted by Gasteiger charge is -2.37. The minimum absolute atomic E-state index is 0.0419. The van der Waals surface area contributed by atoms with Crippen LogP contribution in [-0.4, -0.2) is 53.0 Å². The van der Waals surface area contributed by atoms with Crippen LogP contribution in [0.5, 0.6) is 0 Å². The molecule has 1 fully saturated rings. The van der Waals surface area contributed by atoms with Crippen LogP contribution in [0.25, 0.3) is 0 Å². The van der Waals surface area contributed by atoms with Crippen molar-refractivity contribution in [2.24, 2.45) is 10.9 Å². The zero-order valence-electron chi connectivity index (χ0n) is 11.9. The number of nitrogens with two attached hydrogens (primary N) is 1. The predicted molar refractivity (Wildman–Crippen MR) is 75.6 cm³/mol. The van der Waals surface area contributed by atoms with Crippen molar-refractivity contribution < 1.29 is 19.4 Å². The number of hydrogen-bond acceptors (Lipinski definition) is 5. The van der Waals surface area contributed by atoms with Crippen LogP contribution in [0.2, 0.25) is 0 Å². The van der Waals surface area contributed by atoms with E-state index < -0.39 is 5.82 Å². The third-order valence-corrected chi connectivity index (χ3v) is 3.67. The van der Waals surface area contributed by atoms with E-state index in [1.54, 1.807) is 6.07 Å². The summed E-state index contributed by atoms with van der Waals surface area (Å²) >= 11 is 0. The Morgan fingerprint density at radius 3 is 3.00 bits per heavy atom. The van der Waals surface area contributed by atoms with Crippen LogP contribution >= 0.6 is 0 Å². The van der Waals surface area contributed by atoms with E-state index >= 15 is 0 Å². The average Bonchev–Trinajstić information content (AvgIpc) is 2.50. The third-order valence-electron chi connectivity index (χ3n) is 3.67. The Morgan fingerprint density at radius 1 is 1.57 bits per heavy atom. The van der Waals surface area contributed by atoms with Gasteiger partial charge in [-0.25, -0.2) is 4.39 Å². The molecule has 6 nitrogen and oxygen atoms in total. The molecular weight excluding hydrogens is 277 g/mol. The maximum absolute atomic E-state index is 13.4. The van der Waals surface area contributed by atoms with E-state index in [2.05, 4.69) is 10.1 Å². The molecule has 2 rings (SSSR count). The molecule has 7 heteroatoms. The van der Waals surface area contributed by atoms with Crippen molar-refractivity contribution in [1.82, 2.24) is 4.90 Å². The predicted octanol–water partition coefficient (Wildman–Crippen LogP) is 0.502. The summed E-state index contributed by atoms with van der Waals surface area (Å²) in [6, 6.07) is 4.38. The smallest absolute Gasteiger partial charge is 0.170 e. The quantitative estimate of drug-likeness (QED) is 0.326. The lowest BCUT2D eigenvalue weighted by molar-refractivity contribution is -0.0805. The SMILES string of the molecule is CC1COC(CO)CN1Cc1ccc(F)cc1/C(N)=N/O. The molecule has 0 aromatic heterocycles. The summed E-state index contributed by atoms with van der Waals surface area (Å²) in [5.74, 6) is -0.562. The molecule has 1 aromatic carbocycles. The molecule has 2 atom stereocenters. The minimum Gasteiger partial charge on any atom is -0.409 e. The number of aliphatic hydroxyl groups is 1. The van der Waals surface area contributed by atoms with Gasteiger partial charge in [0.05, 0.1) is 19.3 Å². The highest BCUT2D eigenvalue weighted by Gasteiger charge is 2.26. The lowest BCUT2D eigenvalue weighted by atomic mass is 10.0. The van der Waals surface area contributed by atoms with Gasteiger partial charge in [0, 0.05) is 24.7 Å². The monoisotopic (exact) mass is 297 g/mol. The Kier molecular flexibility index (Phi) is 5.11. The number of benzene rings is 1. The van der Waals surface area contributed by atoms with Gasteiger partial charge in [0.1, 0.15) is 5.82 Å². The maximum Gasteiger partial charge on any atom is 0.170 e. The normalized spacial score (nSPS) is 24.2. The van der Waals surface area contributed by atoms with Gasteiger partial charge in [-0.15, -0.1) is 0 Å². The fraction of sp³-hybridized carbons (Fsp3) is 0.500. The zero-order chi connectivity index (χ0) is 15.4. The van der Waals surface area contributed by atoms with Crippen LogP contribution in [0.15, 0.2) is 23.4 Å². The summed E-state index contributed by atoms with van der Waals surface area (Å²) in [4.78, 5) is 2.12. The fourth-order valence-corrected chi connectivity index (χ4v) is 2.40. The molecule has 0 saturated carbocycles. The molecule has 1 heterocycles. The highest BCUT2D eigenvalue weighted by molar-refractivity contribution is 5.98. The van der Waals surface area contributed by atoms with E-state index in [1.807, 2.05) is 6.92 Å². The van der Waals surface area contributed by atoms with E-state index in [9.17, 15) is 9.50 Å². The first-order chi connectivity index (χ1) is 10.0. The molecule has 116 valence electrons. The van der Waals surface area contributed by atoms with Crippen LogP contribution in [-0.2, 0) is 11.3 Å². The molecular formula is C14H20FN3O3. The van der Waals surface area contributed by atoms with Crippen LogP contribution in [0.4, 0.5) is 4.39 Å². The first-order valence-electron chi connectivity index (χ1n) is 6.78. The van der Waals surface area contributed by atoms with Gasteiger partial charge in [-0.2, -0.15) is 0 Å². The number of oxime groups is 1. The van der Waals surface area contributed by atoms with Gasteiger partial charge < -0.3 is 20.8 Å². The number of aliphatic hydroxyl groups excluding tert-OH is 1. The molecule has 1 saturated heterocycles. The van der Waals surface area contributed by atoms with Crippen molar-refractivity contribution in [2.75, 3.05) is 19.8 Å². The number of hydrogen-bond donors (Lipinski definition) is 3. The van der Waals surface area contributed by atoms with Crippen LogP contribution in [0.1, 0.15) is 18.1 Å². The Balaban J connectivity index is 2.22. The third kappa shape index (κ3) is 3.69. The molecule has 1 aliphatic heterocycles. The number of nitrogens with zero attached hydrogens (tertiary/aromatic N) is 2. The van der Waals surface area contributed by atoms with Crippen LogP contribution in [0, 0.1) is 5.82 Å². The van der Waals surface area contributed by atoms with E-state index in [4.69, 9.17) is 15.7 Å². The first kappa shape index (κ1) is 15.7. The fourth-order valence-electron chi connectivity index (χ4n) is 2.40. The van der Waals surface area contributed by atoms with Gasteiger partial charge in [0.25, 0.3) is 0 Å². The molecule has 0 radical (unpaired) electrons. The number of halogens is 1. The second-order valence-corrected chi connectivity index (χ2v) is 5.20. The zero-order valence-corrected chi connectivity index (χ0v) is 11.9. The highest BCUT2D eigenvalue weighted by Crippen LogP contribution is 2.19. The number of ether oxygens (including phenoxy) is 1. The lowest BCUT2D eigenvalue weighted by Crippen LogP contribution is -2.49. The van der Waals surface area contributed by atoms with Gasteiger partial charge in [-0.3, -0.25) is 4.90 Å². The Morgan fingerprint density at radius 2 is 2.33 bits per heavy atom.